The molecule has 12 heteroatoms. The average Bonchev–Trinajstić information content (AvgIpc) is 2.43. The minimum Gasteiger partial charge on any atom is -0.379 e. The number of hydrogen-bond donors (Lipinski definition) is 2. The van der Waals surface area contributed by atoms with E-state index in [-0.39, 0.29) is 0 Å². The summed E-state index contributed by atoms with van der Waals surface area (Å²) >= 11 is 0. The fourth-order valence-electron chi connectivity index (χ4n) is 2.77. The van der Waals surface area contributed by atoms with Crippen LogP contribution >= 0.6 is 0 Å². The van der Waals surface area contributed by atoms with Gasteiger partial charge in [-0.15, -0.1) is 0 Å². The predicted molar refractivity (Wildman–Crippen MR) is 59.5 cm³/mol. The van der Waals surface area contributed by atoms with E-state index < -0.39 is 73.9 Å². The zero-order valence-electron chi connectivity index (χ0n) is 11.8. The SMILES string of the molecule is OC(C(F)(F)F)C(F)(F)C1CCCC(C(F)(F)C(O)C(F)(F)F)C1. The summed E-state index contributed by atoms with van der Waals surface area (Å²) in [5, 5.41) is 17.4. The molecule has 0 spiro atoms. The molecule has 0 aromatic rings. The van der Waals surface area contributed by atoms with Crippen molar-refractivity contribution in [2.75, 3.05) is 0 Å². The van der Waals surface area contributed by atoms with Crippen molar-refractivity contribution in [3.8, 4) is 0 Å². The van der Waals surface area contributed by atoms with Gasteiger partial charge in [-0.1, -0.05) is 6.42 Å². The molecule has 1 aliphatic carbocycles. The van der Waals surface area contributed by atoms with E-state index in [4.69, 9.17) is 10.2 Å². The van der Waals surface area contributed by atoms with Crippen LogP contribution in [0.1, 0.15) is 25.7 Å². The summed E-state index contributed by atoms with van der Waals surface area (Å²) < 4.78 is 128. The molecule has 0 bridgehead atoms. The highest BCUT2D eigenvalue weighted by molar-refractivity contribution is 4.96. The molecule has 144 valence electrons. The monoisotopic (exact) mass is 380 g/mol. The zero-order valence-corrected chi connectivity index (χ0v) is 11.8. The lowest BCUT2D eigenvalue weighted by Crippen LogP contribution is -2.54. The second-order valence-corrected chi connectivity index (χ2v) is 5.80. The molecule has 1 saturated carbocycles. The van der Waals surface area contributed by atoms with Crippen molar-refractivity contribution in [1.29, 1.82) is 0 Å². The maximum absolute atomic E-state index is 13.7. The Balaban J connectivity index is 2.98. The van der Waals surface area contributed by atoms with Crippen molar-refractivity contribution in [3.05, 3.63) is 0 Å². The maximum atomic E-state index is 13.7. The Morgan fingerprint density at radius 1 is 0.625 bits per heavy atom. The minimum absolute atomic E-state index is 0.490. The van der Waals surface area contributed by atoms with Crippen LogP contribution in [0, 0.1) is 11.8 Å². The van der Waals surface area contributed by atoms with E-state index >= 15 is 0 Å². The highest BCUT2D eigenvalue weighted by Crippen LogP contribution is 2.50. The Hall–Kier alpha value is -0.780. The van der Waals surface area contributed by atoms with Gasteiger partial charge in [-0.2, -0.15) is 26.3 Å². The van der Waals surface area contributed by atoms with Gasteiger partial charge in [0.25, 0.3) is 11.8 Å². The lowest BCUT2D eigenvalue weighted by molar-refractivity contribution is -0.299. The van der Waals surface area contributed by atoms with Crippen LogP contribution < -0.4 is 0 Å². The van der Waals surface area contributed by atoms with Gasteiger partial charge >= 0.3 is 12.4 Å². The molecule has 0 aromatic carbocycles. The van der Waals surface area contributed by atoms with Crippen LogP contribution in [-0.4, -0.2) is 46.6 Å². The molecule has 24 heavy (non-hydrogen) atoms. The molecule has 0 heterocycles. The van der Waals surface area contributed by atoms with Gasteiger partial charge in [0.2, 0.25) is 12.2 Å². The van der Waals surface area contributed by atoms with Crippen molar-refractivity contribution in [1.82, 2.24) is 0 Å². The van der Waals surface area contributed by atoms with Crippen molar-refractivity contribution < 1.29 is 54.1 Å². The van der Waals surface area contributed by atoms with Gasteiger partial charge in [0.15, 0.2) is 0 Å². The van der Waals surface area contributed by atoms with Crippen molar-refractivity contribution in [2.45, 2.75) is 62.1 Å². The Bertz CT molecular complexity index is 393. The summed E-state index contributed by atoms with van der Waals surface area (Å²) in [6.45, 7) is 0. The molecule has 1 rings (SSSR count). The van der Waals surface area contributed by atoms with Gasteiger partial charge < -0.3 is 10.2 Å². The van der Waals surface area contributed by atoms with Crippen LogP contribution in [0.4, 0.5) is 43.9 Å². The summed E-state index contributed by atoms with van der Waals surface area (Å²) in [6, 6.07) is 0. The Kier molecular flexibility index (Phi) is 5.76. The molecule has 0 saturated heterocycles. The first-order valence-corrected chi connectivity index (χ1v) is 6.77. The molecular formula is C12H14F10O2. The number of aliphatic hydroxyl groups is 2. The number of alkyl halides is 10. The molecule has 0 radical (unpaired) electrons. The van der Waals surface area contributed by atoms with E-state index in [1.165, 1.54) is 0 Å². The molecule has 0 amide bonds. The number of rotatable bonds is 4. The normalized spacial score (nSPS) is 27.0. The third-order valence-corrected chi connectivity index (χ3v) is 4.11. The first kappa shape index (κ1) is 21.3. The van der Waals surface area contributed by atoms with Gasteiger partial charge in [-0.3, -0.25) is 0 Å². The van der Waals surface area contributed by atoms with Gasteiger partial charge in [-0.05, 0) is 19.3 Å². The van der Waals surface area contributed by atoms with Gasteiger partial charge in [0, 0.05) is 11.8 Å². The largest absolute Gasteiger partial charge is 0.420 e. The topological polar surface area (TPSA) is 40.5 Å². The highest BCUT2D eigenvalue weighted by atomic mass is 19.4. The van der Waals surface area contributed by atoms with Crippen molar-refractivity contribution in [2.24, 2.45) is 11.8 Å². The van der Waals surface area contributed by atoms with Crippen LogP contribution in [0.5, 0.6) is 0 Å². The smallest absolute Gasteiger partial charge is 0.379 e. The number of hydrogen-bond acceptors (Lipinski definition) is 2. The summed E-state index contributed by atoms with van der Waals surface area (Å²) in [5.41, 5.74) is 0. The van der Waals surface area contributed by atoms with E-state index in [0.29, 0.717) is 0 Å². The number of aliphatic hydroxyl groups excluding tert-OH is 2. The van der Waals surface area contributed by atoms with Crippen molar-refractivity contribution in [3.63, 3.8) is 0 Å². The first-order chi connectivity index (χ1) is 10.5. The minimum atomic E-state index is -5.72. The fraction of sp³-hybridized carbons (Fsp3) is 1.00. The van der Waals surface area contributed by atoms with E-state index in [1.807, 2.05) is 0 Å². The molecule has 0 aliphatic heterocycles. The molecule has 1 aliphatic rings. The molecule has 0 aromatic heterocycles. The third kappa shape index (κ3) is 4.24. The van der Waals surface area contributed by atoms with E-state index in [0.717, 1.165) is 0 Å². The van der Waals surface area contributed by atoms with Gasteiger partial charge in [0.1, 0.15) is 0 Å². The Labute approximate surface area is 129 Å². The first-order valence-electron chi connectivity index (χ1n) is 6.77. The molecule has 2 nitrogen and oxygen atoms in total. The average molecular weight is 380 g/mol. The summed E-state index contributed by atoms with van der Waals surface area (Å²) in [5.74, 6) is -14.5. The summed E-state index contributed by atoms with van der Waals surface area (Å²) in [4.78, 5) is 0. The second-order valence-electron chi connectivity index (χ2n) is 5.80. The second kappa shape index (κ2) is 6.50. The standard InChI is InChI=1S/C12H14F10O2/c13-9(14,7(23)11(17,18)19)5-2-1-3-6(4-5)10(15,16)8(24)12(20,21)22/h5-8,23-24H,1-4H2. The molecule has 2 N–H and O–H groups in total. The lowest BCUT2D eigenvalue weighted by Gasteiger charge is -2.40. The summed E-state index contributed by atoms with van der Waals surface area (Å²) in [6.07, 6.45) is -22.9. The number of halogens is 10. The Morgan fingerprint density at radius 2 is 0.917 bits per heavy atom. The molecule has 1 fully saturated rings. The molecule has 4 unspecified atom stereocenters. The lowest BCUT2D eigenvalue weighted by atomic mass is 9.73. The van der Waals surface area contributed by atoms with Crippen LogP contribution in [0.25, 0.3) is 0 Å². The van der Waals surface area contributed by atoms with Crippen molar-refractivity contribution >= 4 is 0 Å². The predicted octanol–water partition coefficient (Wildman–Crippen LogP) is 3.91. The highest BCUT2D eigenvalue weighted by Gasteiger charge is 2.63. The van der Waals surface area contributed by atoms with Crippen LogP contribution in [0.15, 0.2) is 0 Å². The Morgan fingerprint density at radius 3 is 1.17 bits per heavy atom. The van der Waals surface area contributed by atoms with Gasteiger partial charge in [0.05, 0.1) is 0 Å². The van der Waals surface area contributed by atoms with Crippen LogP contribution in [0.2, 0.25) is 0 Å². The third-order valence-electron chi connectivity index (χ3n) is 4.11. The van der Waals surface area contributed by atoms with E-state index in [1.54, 1.807) is 0 Å². The molecule has 4 atom stereocenters. The maximum Gasteiger partial charge on any atom is 0.420 e. The van der Waals surface area contributed by atoms with E-state index in [9.17, 15) is 43.9 Å². The fourth-order valence-corrected chi connectivity index (χ4v) is 2.77. The van der Waals surface area contributed by atoms with Crippen LogP contribution in [-0.2, 0) is 0 Å². The van der Waals surface area contributed by atoms with E-state index in [2.05, 4.69) is 0 Å². The zero-order chi connectivity index (χ0) is 19.1. The molecular weight excluding hydrogens is 366 g/mol. The summed E-state index contributed by atoms with van der Waals surface area (Å²) in [7, 11) is 0. The van der Waals surface area contributed by atoms with Gasteiger partial charge in [-0.25, -0.2) is 17.6 Å². The quantitative estimate of drug-likeness (QED) is 0.727. The van der Waals surface area contributed by atoms with Crippen LogP contribution in [0.3, 0.4) is 0 Å².